The van der Waals surface area contributed by atoms with Crippen molar-refractivity contribution in [3.05, 3.63) is 57.1 Å². The van der Waals surface area contributed by atoms with Gasteiger partial charge in [0.1, 0.15) is 0 Å². The lowest BCUT2D eigenvalue weighted by atomic mass is 10.2. The number of alkyl halides is 3. The Labute approximate surface area is 183 Å². The minimum Gasteiger partial charge on any atom is -0.330 e. The lowest BCUT2D eigenvalue weighted by Gasteiger charge is -2.19. The van der Waals surface area contributed by atoms with Gasteiger partial charge >= 0.3 is 0 Å². The molecule has 0 amide bonds. The molecule has 3 rings (SSSR count). The van der Waals surface area contributed by atoms with Gasteiger partial charge in [0, 0.05) is 39.1 Å². The third-order valence-corrected chi connectivity index (χ3v) is 6.94. The number of halogens is 4. The highest BCUT2D eigenvalue weighted by molar-refractivity contribution is 8.76. The van der Waals surface area contributed by atoms with Crippen LogP contribution in [-0.4, -0.2) is 24.4 Å². The van der Waals surface area contributed by atoms with Gasteiger partial charge in [-0.15, -0.1) is 0 Å². The standard InChI is InChI=1S/C16H11Cl4N3O2S2/c17-10-1-3-15(13(7-10)22-6-5-21-9-22)27-26-14-4-2-11(23(24)25)8-12(14)16(18,19)20/h1-4,7-9H,5-6H2. The zero-order chi connectivity index (χ0) is 19.6. The lowest BCUT2D eigenvalue weighted by Crippen LogP contribution is -2.18. The van der Waals surface area contributed by atoms with Crippen LogP contribution in [0, 0.1) is 10.1 Å². The summed E-state index contributed by atoms with van der Waals surface area (Å²) in [5, 5.41) is 11.7. The molecule has 0 aromatic heterocycles. The molecule has 0 fully saturated rings. The summed E-state index contributed by atoms with van der Waals surface area (Å²) in [5.41, 5.74) is 1.06. The SMILES string of the molecule is O=[N+]([O-])c1ccc(SSc2ccc(Cl)cc2N2C=NCC2)c(C(Cl)(Cl)Cl)c1. The summed E-state index contributed by atoms with van der Waals surface area (Å²) in [6.07, 6.45) is 1.78. The number of hydrogen-bond donors (Lipinski definition) is 0. The molecule has 0 aliphatic carbocycles. The van der Waals surface area contributed by atoms with Gasteiger partial charge in [0.05, 0.1) is 23.5 Å². The Morgan fingerprint density at radius 3 is 2.44 bits per heavy atom. The van der Waals surface area contributed by atoms with Crippen LogP contribution in [0.4, 0.5) is 11.4 Å². The average molecular weight is 483 g/mol. The molecule has 0 saturated carbocycles. The summed E-state index contributed by atoms with van der Waals surface area (Å²) in [5.74, 6) is 0. The zero-order valence-electron chi connectivity index (χ0n) is 13.4. The molecule has 1 aliphatic rings. The minimum absolute atomic E-state index is 0.133. The number of aliphatic imine (C=N–C) groups is 1. The average Bonchev–Trinajstić information content (AvgIpc) is 3.14. The summed E-state index contributed by atoms with van der Waals surface area (Å²) in [6, 6.07) is 9.83. The van der Waals surface area contributed by atoms with E-state index < -0.39 is 8.72 Å². The molecule has 1 heterocycles. The van der Waals surface area contributed by atoms with Crippen LogP contribution >= 0.6 is 68.0 Å². The molecule has 0 N–H and O–H groups in total. The van der Waals surface area contributed by atoms with Crippen molar-refractivity contribution in [1.82, 2.24) is 0 Å². The van der Waals surface area contributed by atoms with Gasteiger partial charge in [0.25, 0.3) is 5.69 Å². The van der Waals surface area contributed by atoms with E-state index in [9.17, 15) is 10.1 Å². The maximum atomic E-state index is 11.0. The topological polar surface area (TPSA) is 58.7 Å². The van der Waals surface area contributed by atoms with Crippen molar-refractivity contribution in [2.75, 3.05) is 18.0 Å². The molecule has 2 aromatic rings. The van der Waals surface area contributed by atoms with E-state index in [0.29, 0.717) is 9.92 Å². The van der Waals surface area contributed by atoms with Crippen LogP contribution in [0.2, 0.25) is 5.02 Å². The van der Waals surface area contributed by atoms with E-state index in [1.54, 1.807) is 18.5 Å². The largest absolute Gasteiger partial charge is 0.330 e. The molecule has 2 aromatic carbocycles. The summed E-state index contributed by atoms with van der Waals surface area (Å²) >= 11 is 24.2. The van der Waals surface area contributed by atoms with Crippen LogP contribution < -0.4 is 4.90 Å². The van der Waals surface area contributed by atoms with Crippen LogP contribution in [0.3, 0.4) is 0 Å². The molecule has 11 heteroatoms. The van der Waals surface area contributed by atoms with Crippen molar-refractivity contribution in [2.45, 2.75) is 13.6 Å². The first-order chi connectivity index (χ1) is 12.8. The van der Waals surface area contributed by atoms with Crippen molar-refractivity contribution in [2.24, 2.45) is 4.99 Å². The normalized spacial score (nSPS) is 14.0. The maximum absolute atomic E-state index is 11.0. The molecular formula is C16H11Cl4N3O2S2. The number of benzene rings is 2. The first-order valence-corrected chi connectivity index (χ1v) is 11.2. The predicted molar refractivity (Wildman–Crippen MR) is 116 cm³/mol. The number of hydrogen-bond acceptors (Lipinski definition) is 6. The second-order valence-corrected chi connectivity index (χ2v) is 10.4. The van der Waals surface area contributed by atoms with Gasteiger partial charge in [-0.2, -0.15) is 0 Å². The van der Waals surface area contributed by atoms with Gasteiger partial charge in [0.2, 0.25) is 3.79 Å². The first kappa shape index (κ1) is 20.9. The fourth-order valence-corrected chi connectivity index (χ4v) is 5.55. The Morgan fingerprint density at radius 1 is 1.11 bits per heavy atom. The molecule has 1 aliphatic heterocycles. The molecule has 0 saturated heterocycles. The Bertz CT molecular complexity index is 906. The number of nitrogens with zero attached hydrogens (tertiary/aromatic N) is 3. The second-order valence-electron chi connectivity index (χ2n) is 5.43. The second kappa shape index (κ2) is 8.68. The number of non-ortho nitro benzene ring substituents is 1. The minimum atomic E-state index is -1.78. The first-order valence-electron chi connectivity index (χ1n) is 7.52. The Balaban J connectivity index is 1.89. The number of nitro benzene ring substituents is 1. The van der Waals surface area contributed by atoms with E-state index in [1.807, 2.05) is 17.0 Å². The summed E-state index contributed by atoms with van der Waals surface area (Å²) in [6.45, 7) is 1.50. The van der Waals surface area contributed by atoms with Gasteiger partial charge in [0.15, 0.2) is 0 Å². The molecule has 5 nitrogen and oxygen atoms in total. The van der Waals surface area contributed by atoms with Gasteiger partial charge < -0.3 is 4.90 Å². The quantitative estimate of drug-likeness (QED) is 0.205. The fourth-order valence-electron chi connectivity index (χ4n) is 2.36. The van der Waals surface area contributed by atoms with Crippen molar-refractivity contribution in [1.29, 1.82) is 0 Å². The molecule has 0 spiro atoms. The zero-order valence-corrected chi connectivity index (χ0v) is 18.1. The maximum Gasteiger partial charge on any atom is 0.269 e. The van der Waals surface area contributed by atoms with Crippen LogP contribution in [0.1, 0.15) is 5.56 Å². The highest BCUT2D eigenvalue weighted by Gasteiger charge is 2.29. The van der Waals surface area contributed by atoms with Gasteiger partial charge in [-0.25, -0.2) is 0 Å². The van der Waals surface area contributed by atoms with Gasteiger partial charge in [-0.1, -0.05) is 68.0 Å². The van der Waals surface area contributed by atoms with Crippen LogP contribution in [0.15, 0.2) is 51.2 Å². The summed E-state index contributed by atoms with van der Waals surface area (Å²) < 4.78 is -1.78. The third-order valence-electron chi connectivity index (χ3n) is 3.62. The smallest absolute Gasteiger partial charge is 0.269 e. The van der Waals surface area contributed by atoms with Crippen molar-refractivity contribution < 1.29 is 4.92 Å². The summed E-state index contributed by atoms with van der Waals surface area (Å²) in [4.78, 5) is 18.3. The number of nitro groups is 1. The predicted octanol–water partition coefficient (Wildman–Crippen LogP) is 6.72. The highest BCUT2D eigenvalue weighted by Crippen LogP contribution is 2.49. The summed E-state index contributed by atoms with van der Waals surface area (Å²) in [7, 11) is 2.80. The molecular weight excluding hydrogens is 472 g/mol. The third kappa shape index (κ3) is 5.16. The van der Waals surface area contributed by atoms with E-state index in [4.69, 9.17) is 46.4 Å². The lowest BCUT2D eigenvalue weighted by molar-refractivity contribution is -0.385. The van der Waals surface area contributed by atoms with E-state index in [-0.39, 0.29) is 11.3 Å². The number of anilines is 1. The molecule has 0 radical (unpaired) electrons. The fraction of sp³-hybridized carbons (Fsp3) is 0.188. The van der Waals surface area contributed by atoms with Crippen LogP contribution in [-0.2, 0) is 3.79 Å². The van der Waals surface area contributed by atoms with Crippen LogP contribution in [0.5, 0.6) is 0 Å². The molecule has 27 heavy (non-hydrogen) atoms. The van der Waals surface area contributed by atoms with Crippen molar-refractivity contribution in [3.63, 3.8) is 0 Å². The molecule has 0 bridgehead atoms. The van der Waals surface area contributed by atoms with E-state index >= 15 is 0 Å². The van der Waals surface area contributed by atoms with Crippen LogP contribution in [0.25, 0.3) is 0 Å². The van der Waals surface area contributed by atoms with E-state index in [0.717, 1.165) is 23.7 Å². The van der Waals surface area contributed by atoms with Crippen molar-refractivity contribution >= 4 is 85.7 Å². The Hall–Kier alpha value is -0.830. The Morgan fingerprint density at radius 2 is 1.81 bits per heavy atom. The van der Waals surface area contributed by atoms with Crippen molar-refractivity contribution in [3.8, 4) is 0 Å². The highest BCUT2D eigenvalue weighted by atomic mass is 35.6. The molecule has 142 valence electrons. The van der Waals surface area contributed by atoms with E-state index in [2.05, 4.69) is 4.99 Å². The number of rotatable bonds is 5. The molecule has 0 unspecified atom stereocenters. The van der Waals surface area contributed by atoms with Gasteiger partial charge in [-0.3, -0.25) is 15.1 Å². The molecule has 0 atom stereocenters. The van der Waals surface area contributed by atoms with E-state index in [1.165, 1.54) is 33.7 Å². The Kier molecular flexibility index (Phi) is 6.71. The van der Waals surface area contributed by atoms with Gasteiger partial charge in [-0.05, 0) is 24.3 Å². The monoisotopic (exact) mass is 481 g/mol.